The maximum atomic E-state index is 14.0. The molecule has 2 amide bonds. The van der Waals surface area contributed by atoms with Crippen LogP contribution in [0.2, 0.25) is 0 Å². The van der Waals surface area contributed by atoms with E-state index in [2.05, 4.69) is 10.3 Å². The number of anilines is 2. The van der Waals surface area contributed by atoms with Crippen LogP contribution in [-0.4, -0.2) is 23.3 Å². The molecule has 0 radical (unpaired) electrons. The predicted octanol–water partition coefficient (Wildman–Crippen LogP) is 5.02. The fourth-order valence-electron chi connectivity index (χ4n) is 3.65. The zero-order valence-corrected chi connectivity index (χ0v) is 17.3. The summed E-state index contributed by atoms with van der Waals surface area (Å²) >= 11 is 0. The number of amides is 2. The van der Waals surface area contributed by atoms with Gasteiger partial charge in [-0.2, -0.15) is 0 Å². The number of benzene rings is 3. The quantitative estimate of drug-likeness (QED) is 0.481. The molecule has 31 heavy (non-hydrogen) atoms. The Morgan fingerprint density at radius 1 is 0.935 bits per heavy atom. The molecule has 2 N–H and O–H groups in total. The van der Waals surface area contributed by atoms with Crippen molar-refractivity contribution < 1.29 is 14.0 Å². The number of carbonyl (C=O) groups is 2. The van der Waals surface area contributed by atoms with Gasteiger partial charge in [0.2, 0.25) is 0 Å². The molecule has 5 nitrogen and oxygen atoms in total. The van der Waals surface area contributed by atoms with Gasteiger partial charge in [-0.05, 0) is 61.4 Å². The van der Waals surface area contributed by atoms with Crippen molar-refractivity contribution in [3.8, 4) is 0 Å². The van der Waals surface area contributed by atoms with Gasteiger partial charge in [-0.25, -0.2) is 4.39 Å². The number of nitrogens with zero attached hydrogens (tertiary/aromatic N) is 1. The van der Waals surface area contributed by atoms with E-state index in [1.165, 1.54) is 17.0 Å². The first-order valence-corrected chi connectivity index (χ1v) is 9.95. The summed E-state index contributed by atoms with van der Waals surface area (Å²) in [5.41, 5.74) is 4.03. The minimum absolute atomic E-state index is 0.232. The van der Waals surface area contributed by atoms with E-state index in [0.29, 0.717) is 16.9 Å². The number of aromatic amines is 1. The summed E-state index contributed by atoms with van der Waals surface area (Å²) in [6, 6.07) is 18.9. The summed E-state index contributed by atoms with van der Waals surface area (Å²) in [7, 11) is 0. The summed E-state index contributed by atoms with van der Waals surface area (Å²) in [5, 5.41) is 3.50. The van der Waals surface area contributed by atoms with Crippen LogP contribution in [-0.2, 0) is 4.79 Å². The van der Waals surface area contributed by atoms with Gasteiger partial charge in [0.05, 0.1) is 17.9 Å². The Labute approximate surface area is 179 Å². The fourth-order valence-corrected chi connectivity index (χ4v) is 3.65. The topological polar surface area (TPSA) is 65.2 Å². The van der Waals surface area contributed by atoms with E-state index in [1.54, 1.807) is 30.5 Å². The highest BCUT2D eigenvalue weighted by molar-refractivity contribution is 6.09. The van der Waals surface area contributed by atoms with Crippen molar-refractivity contribution in [1.29, 1.82) is 0 Å². The largest absolute Gasteiger partial charge is 0.361 e. The van der Waals surface area contributed by atoms with Crippen molar-refractivity contribution in [3.63, 3.8) is 0 Å². The Kier molecular flexibility index (Phi) is 5.54. The Hall–Kier alpha value is -3.93. The molecule has 0 spiro atoms. The van der Waals surface area contributed by atoms with Gasteiger partial charge < -0.3 is 10.3 Å². The number of nitrogens with one attached hydrogen (secondary N) is 2. The number of rotatable bonds is 5. The number of hydrogen-bond donors (Lipinski definition) is 2. The van der Waals surface area contributed by atoms with Crippen LogP contribution < -0.4 is 10.2 Å². The minimum Gasteiger partial charge on any atom is -0.361 e. The van der Waals surface area contributed by atoms with E-state index < -0.39 is 5.82 Å². The molecule has 156 valence electrons. The molecular weight excluding hydrogens is 393 g/mol. The number of para-hydroxylation sites is 1. The summed E-state index contributed by atoms with van der Waals surface area (Å²) < 4.78 is 14.0. The van der Waals surface area contributed by atoms with Crippen LogP contribution >= 0.6 is 0 Å². The third-order valence-corrected chi connectivity index (χ3v) is 5.26. The zero-order chi connectivity index (χ0) is 22.0. The highest BCUT2D eigenvalue weighted by atomic mass is 19.1. The molecule has 0 saturated heterocycles. The molecule has 0 aliphatic carbocycles. The Morgan fingerprint density at radius 3 is 2.52 bits per heavy atom. The van der Waals surface area contributed by atoms with Crippen molar-refractivity contribution in [1.82, 2.24) is 10.3 Å². The van der Waals surface area contributed by atoms with Crippen molar-refractivity contribution in [2.75, 3.05) is 11.4 Å². The second kappa shape index (κ2) is 8.44. The highest BCUT2D eigenvalue weighted by Gasteiger charge is 2.23. The maximum absolute atomic E-state index is 14.0. The lowest BCUT2D eigenvalue weighted by Gasteiger charge is -2.26. The summed E-state index contributed by atoms with van der Waals surface area (Å²) in [6.07, 6.45) is 1.76. The van der Waals surface area contributed by atoms with Crippen molar-refractivity contribution in [2.24, 2.45) is 0 Å². The molecule has 3 aromatic carbocycles. The van der Waals surface area contributed by atoms with Gasteiger partial charge in [0.1, 0.15) is 5.82 Å². The summed E-state index contributed by atoms with van der Waals surface area (Å²) in [4.78, 5) is 30.6. The summed E-state index contributed by atoms with van der Waals surface area (Å²) in [5.74, 6) is -1.15. The fraction of sp³-hybridized carbons (Fsp3) is 0.120. The van der Waals surface area contributed by atoms with Crippen LogP contribution in [0.25, 0.3) is 10.9 Å². The number of hydrogen-bond acceptors (Lipinski definition) is 2. The van der Waals surface area contributed by atoms with Gasteiger partial charge in [0, 0.05) is 22.7 Å². The van der Waals surface area contributed by atoms with E-state index in [0.717, 1.165) is 22.0 Å². The first-order valence-electron chi connectivity index (χ1n) is 9.95. The molecule has 4 aromatic rings. The molecule has 6 heteroatoms. The predicted molar refractivity (Wildman–Crippen MR) is 120 cm³/mol. The number of aryl methyl sites for hydroxylation is 2. The normalized spacial score (nSPS) is 10.8. The van der Waals surface area contributed by atoms with Crippen molar-refractivity contribution >= 4 is 34.1 Å². The SMILES string of the molecule is Cc1ccccc1N(C(=O)CNC(=O)c1cccc2[nH]ccc12)c1cc(F)ccc1C. The van der Waals surface area contributed by atoms with Crippen LogP contribution in [0.5, 0.6) is 0 Å². The smallest absolute Gasteiger partial charge is 0.252 e. The van der Waals surface area contributed by atoms with Crippen LogP contribution in [0.3, 0.4) is 0 Å². The first-order chi connectivity index (χ1) is 15.0. The lowest BCUT2D eigenvalue weighted by molar-refractivity contribution is -0.117. The third kappa shape index (κ3) is 4.05. The lowest BCUT2D eigenvalue weighted by Crippen LogP contribution is -2.38. The van der Waals surface area contributed by atoms with Crippen LogP contribution in [0.4, 0.5) is 15.8 Å². The monoisotopic (exact) mass is 415 g/mol. The highest BCUT2D eigenvalue weighted by Crippen LogP contribution is 2.31. The Balaban J connectivity index is 1.64. The molecule has 0 aliphatic heterocycles. The van der Waals surface area contributed by atoms with E-state index >= 15 is 0 Å². The van der Waals surface area contributed by atoms with Gasteiger partial charge in [-0.3, -0.25) is 14.5 Å². The average molecular weight is 415 g/mol. The van der Waals surface area contributed by atoms with Gasteiger partial charge in [-0.1, -0.05) is 30.3 Å². The average Bonchev–Trinajstić information content (AvgIpc) is 3.25. The molecule has 1 heterocycles. The van der Waals surface area contributed by atoms with Crippen LogP contribution in [0.15, 0.2) is 72.9 Å². The maximum Gasteiger partial charge on any atom is 0.252 e. The molecule has 0 fully saturated rings. The molecule has 0 unspecified atom stereocenters. The van der Waals surface area contributed by atoms with Gasteiger partial charge in [0.25, 0.3) is 11.8 Å². The number of H-pyrrole nitrogens is 1. The van der Waals surface area contributed by atoms with Gasteiger partial charge in [-0.15, -0.1) is 0 Å². The standard InChI is InChI=1S/C25H22FN3O2/c1-16-6-3-4-9-22(16)29(23-14-18(26)11-10-17(23)2)24(30)15-28-25(31)20-7-5-8-21-19(20)12-13-27-21/h3-14,27H,15H2,1-2H3,(H,28,31). The molecule has 0 bridgehead atoms. The van der Waals surface area contributed by atoms with E-state index in [9.17, 15) is 14.0 Å². The second-order valence-corrected chi connectivity index (χ2v) is 7.37. The number of aromatic nitrogens is 1. The van der Waals surface area contributed by atoms with Gasteiger partial charge >= 0.3 is 0 Å². The third-order valence-electron chi connectivity index (χ3n) is 5.26. The Bertz CT molecular complexity index is 1280. The van der Waals surface area contributed by atoms with Crippen molar-refractivity contribution in [3.05, 3.63) is 95.4 Å². The molecule has 0 saturated carbocycles. The lowest BCUT2D eigenvalue weighted by atomic mass is 10.1. The van der Waals surface area contributed by atoms with Crippen molar-refractivity contribution in [2.45, 2.75) is 13.8 Å². The first kappa shape index (κ1) is 20.3. The van der Waals surface area contributed by atoms with E-state index in [-0.39, 0.29) is 18.4 Å². The molecule has 0 aliphatic rings. The number of halogens is 1. The second-order valence-electron chi connectivity index (χ2n) is 7.37. The summed E-state index contributed by atoms with van der Waals surface area (Å²) in [6.45, 7) is 3.47. The molecular formula is C25H22FN3O2. The van der Waals surface area contributed by atoms with Crippen LogP contribution in [0, 0.1) is 19.7 Å². The molecule has 4 rings (SSSR count). The van der Waals surface area contributed by atoms with Gasteiger partial charge in [0.15, 0.2) is 0 Å². The van der Waals surface area contributed by atoms with E-state index in [1.807, 2.05) is 44.2 Å². The number of fused-ring (bicyclic) bond motifs is 1. The Morgan fingerprint density at radius 2 is 1.71 bits per heavy atom. The molecule has 1 aromatic heterocycles. The minimum atomic E-state index is -0.435. The molecule has 0 atom stereocenters. The van der Waals surface area contributed by atoms with E-state index in [4.69, 9.17) is 0 Å². The zero-order valence-electron chi connectivity index (χ0n) is 17.3. The van der Waals surface area contributed by atoms with Crippen LogP contribution in [0.1, 0.15) is 21.5 Å². The number of carbonyl (C=O) groups excluding carboxylic acids is 2.